The molecule has 6 heteroatoms. The van der Waals surface area contributed by atoms with Gasteiger partial charge in [-0.25, -0.2) is 0 Å². The van der Waals surface area contributed by atoms with E-state index in [4.69, 9.17) is 10.5 Å². The van der Waals surface area contributed by atoms with Crippen LogP contribution < -0.4 is 21.3 Å². The number of hydrogen-bond acceptors (Lipinski definition) is 4. The Hall–Kier alpha value is -2.08. The van der Waals surface area contributed by atoms with Crippen molar-refractivity contribution >= 4 is 11.8 Å². The third kappa shape index (κ3) is 4.42. The Morgan fingerprint density at radius 3 is 2.56 bits per heavy atom. The molecule has 6 nitrogen and oxygen atoms in total. The molecule has 98 valence electrons. The molecule has 0 saturated carbocycles. The summed E-state index contributed by atoms with van der Waals surface area (Å²) in [6, 6.07) is 7.48. The minimum absolute atomic E-state index is 0.160. The van der Waals surface area contributed by atoms with Gasteiger partial charge in [-0.2, -0.15) is 0 Å². The molecular weight excluding hydrogens is 234 g/mol. The summed E-state index contributed by atoms with van der Waals surface area (Å²) in [5, 5.41) is 0. The number of methoxy groups -OCH3 is 1. The van der Waals surface area contributed by atoms with Crippen LogP contribution in [-0.2, 0) is 16.0 Å². The molecule has 4 N–H and O–H groups in total. The molecule has 0 spiro atoms. The number of hydrogen-bond donors (Lipinski definition) is 3. The minimum atomic E-state index is -0.430. The maximum Gasteiger partial charge on any atom is 0.252 e. The highest BCUT2D eigenvalue weighted by Crippen LogP contribution is 2.18. The number of para-hydroxylation sites is 1. The Kier molecular flexibility index (Phi) is 5.66. The number of rotatable bonds is 5. The molecule has 1 rings (SSSR count). The van der Waals surface area contributed by atoms with Gasteiger partial charge in [0.25, 0.3) is 5.91 Å². The highest BCUT2D eigenvalue weighted by Gasteiger charge is 2.06. The summed E-state index contributed by atoms with van der Waals surface area (Å²) in [7, 11) is 1.58. The quantitative estimate of drug-likeness (QED) is 0.628. The average Bonchev–Trinajstić information content (AvgIpc) is 2.42. The maximum absolute atomic E-state index is 11.4. The highest BCUT2D eigenvalue weighted by molar-refractivity contribution is 5.82. The second-order valence-electron chi connectivity index (χ2n) is 3.61. The summed E-state index contributed by atoms with van der Waals surface area (Å²) in [4.78, 5) is 22.2. The number of ether oxygens (including phenoxy) is 1. The van der Waals surface area contributed by atoms with Crippen LogP contribution in [0.25, 0.3) is 0 Å². The summed E-state index contributed by atoms with van der Waals surface area (Å²) in [6.45, 7) is -0.160. The number of amides is 2. The zero-order valence-corrected chi connectivity index (χ0v) is 10.2. The Morgan fingerprint density at radius 2 is 1.89 bits per heavy atom. The van der Waals surface area contributed by atoms with Crippen molar-refractivity contribution < 1.29 is 14.3 Å². The van der Waals surface area contributed by atoms with Crippen molar-refractivity contribution in [2.24, 2.45) is 5.73 Å². The molecule has 1 aromatic carbocycles. The standard InChI is InChI=1S/C12H17N3O3/c1-18-10-5-3-2-4-9(10)6-7-11(16)14-15-12(17)8-13/h2-5H,6-8,13H2,1H3,(H,14,16)(H,15,17). The monoisotopic (exact) mass is 251 g/mol. The average molecular weight is 251 g/mol. The summed E-state index contributed by atoms with van der Waals surface area (Å²) in [5.74, 6) is 0.0413. The van der Waals surface area contributed by atoms with Crippen molar-refractivity contribution in [3.8, 4) is 5.75 Å². The van der Waals surface area contributed by atoms with Crippen molar-refractivity contribution in [3.05, 3.63) is 29.8 Å². The van der Waals surface area contributed by atoms with Crippen molar-refractivity contribution in [1.82, 2.24) is 10.9 Å². The van der Waals surface area contributed by atoms with Crippen molar-refractivity contribution in [1.29, 1.82) is 0 Å². The molecule has 18 heavy (non-hydrogen) atoms. The second kappa shape index (κ2) is 7.29. The first-order chi connectivity index (χ1) is 8.67. The van der Waals surface area contributed by atoms with E-state index in [0.717, 1.165) is 11.3 Å². The summed E-state index contributed by atoms with van der Waals surface area (Å²) >= 11 is 0. The second-order valence-corrected chi connectivity index (χ2v) is 3.61. The lowest BCUT2D eigenvalue weighted by atomic mass is 10.1. The van der Waals surface area contributed by atoms with Crippen LogP contribution in [0.5, 0.6) is 5.75 Å². The number of hydrazine groups is 1. The summed E-state index contributed by atoms with van der Waals surface area (Å²) in [5.41, 5.74) is 10.5. The molecule has 0 saturated heterocycles. The fraction of sp³-hybridized carbons (Fsp3) is 0.333. The largest absolute Gasteiger partial charge is 0.496 e. The van der Waals surface area contributed by atoms with Crippen LogP contribution in [0.2, 0.25) is 0 Å². The molecule has 0 radical (unpaired) electrons. The Balaban J connectivity index is 2.40. The third-order valence-corrected chi connectivity index (χ3v) is 2.34. The Labute approximate surface area is 105 Å². The van der Waals surface area contributed by atoms with Gasteiger partial charge in [-0.05, 0) is 18.1 Å². The van der Waals surface area contributed by atoms with Gasteiger partial charge in [0, 0.05) is 6.42 Å². The van der Waals surface area contributed by atoms with E-state index in [0.29, 0.717) is 6.42 Å². The first-order valence-electron chi connectivity index (χ1n) is 5.57. The van der Waals surface area contributed by atoms with E-state index in [1.54, 1.807) is 7.11 Å². The van der Waals surface area contributed by atoms with Gasteiger partial charge in [0.15, 0.2) is 0 Å². The number of nitrogens with one attached hydrogen (secondary N) is 2. The molecule has 0 unspecified atom stereocenters. The molecule has 0 bridgehead atoms. The van der Waals surface area contributed by atoms with Gasteiger partial charge >= 0.3 is 0 Å². The highest BCUT2D eigenvalue weighted by atomic mass is 16.5. The molecule has 0 fully saturated rings. The van der Waals surface area contributed by atoms with Gasteiger partial charge in [0.05, 0.1) is 13.7 Å². The molecule has 0 aliphatic carbocycles. The van der Waals surface area contributed by atoms with E-state index in [9.17, 15) is 9.59 Å². The van der Waals surface area contributed by atoms with E-state index in [2.05, 4.69) is 10.9 Å². The topological polar surface area (TPSA) is 93.5 Å². The molecular formula is C12H17N3O3. The normalized spacial score (nSPS) is 9.67. The molecule has 0 atom stereocenters. The molecule has 1 aromatic rings. The van der Waals surface area contributed by atoms with Crippen LogP contribution in [0.1, 0.15) is 12.0 Å². The third-order valence-electron chi connectivity index (χ3n) is 2.34. The van der Waals surface area contributed by atoms with E-state index in [1.165, 1.54) is 0 Å². The van der Waals surface area contributed by atoms with Crippen LogP contribution >= 0.6 is 0 Å². The van der Waals surface area contributed by atoms with E-state index >= 15 is 0 Å². The minimum Gasteiger partial charge on any atom is -0.496 e. The lowest BCUT2D eigenvalue weighted by molar-refractivity contribution is -0.128. The number of carbonyl (C=O) groups excluding carboxylic acids is 2. The van der Waals surface area contributed by atoms with Gasteiger partial charge in [-0.15, -0.1) is 0 Å². The van der Waals surface area contributed by atoms with Crippen molar-refractivity contribution in [2.75, 3.05) is 13.7 Å². The van der Waals surface area contributed by atoms with E-state index < -0.39 is 5.91 Å². The summed E-state index contributed by atoms with van der Waals surface area (Å²) in [6.07, 6.45) is 0.791. The first kappa shape index (κ1) is 14.0. The zero-order chi connectivity index (χ0) is 13.4. The lowest BCUT2D eigenvalue weighted by Gasteiger charge is -2.08. The van der Waals surface area contributed by atoms with Crippen LogP contribution in [0, 0.1) is 0 Å². The van der Waals surface area contributed by atoms with Crippen LogP contribution in [0.15, 0.2) is 24.3 Å². The lowest BCUT2D eigenvalue weighted by Crippen LogP contribution is -2.44. The molecule has 0 aliphatic rings. The van der Waals surface area contributed by atoms with Gasteiger partial charge < -0.3 is 10.5 Å². The number of benzene rings is 1. The van der Waals surface area contributed by atoms with Crippen molar-refractivity contribution in [3.63, 3.8) is 0 Å². The van der Waals surface area contributed by atoms with Gasteiger partial charge in [0.1, 0.15) is 5.75 Å². The SMILES string of the molecule is COc1ccccc1CCC(=O)NNC(=O)CN. The predicted octanol–water partition coefficient (Wildman–Crippen LogP) is -0.266. The molecule has 0 heterocycles. The van der Waals surface area contributed by atoms with Gasteiger partial charge in [-0.1, -0.05) is 18.2 Å². The smallest absolute Gasteiger partial charge is 0.252 e. The van der Waals surface area contributed by atoms with Crippen LogP contribution in [0.4, 0.5) is 0 Å². The van der Waals surface area contributed by atoms with Gasteiger partial charge in [-0.3, -0.25) is 20.4 Å². The maximum atomic E-state index is 11.4. The van der Waals surface area contributed by atoms with Crippen LogP contribution in [0.3, 0.4) is 0 Å². The molecule has 2 amide bonds. The van der Waals surface area contributed by atoms with E-state index in [-0.39, 0.29) is 18.9 Å². The Morgan fingerprint density at radius 1 is 1.22 bits per heavy atom. The molecule has 0 aliphatic heterocycles. The molecule has 0 aromatic heterocycles. The fourth-order valence-corrected chi connectivity index (χ4v) is 1.41. The van der Waals surface area contributed by atoms with E-state index in [1.807, 2.05) is 24.3 Å². The first-order valence-corrected chi connectivity index (χ1v) is 5.57. The number of nitrogens with two attached hydrogens (primary N) is 1. The summed E-state index contributed by atoms with van der Waals surface area (Å²) < 4.78 is 5.18. The van der Waals surface area contributed by atoms with Gasteiger partial charge in [0.2, 0.25) is 5.91 Å². The number of carbonyl (C=O) groups is 2. The van der Waals surface area contributed by atoms with Crippen LogP contribution in [-0.4, -0.2) is 25.5 Å². The fourth-order valence-electron chi connectivity index (χ4n) is 1.41. The van der Waals surface area contributed by atoms with Crippen molar-refractivity contribution in [2.45, 2.75) is 12.8 Å². The Bertz CT molecular complexity index is 421. The predicted molar refractivity (Wildman–Crippen MR) is 66.7 cm³/mol. The number of aryl methyl sites for hydroxylation is 1. The zero-order valence-electron chi connectivity index (χ0n) is 10.2.